The minimum absolute atomic E-state index is 0.104. The van der Waals surface area contributed by atoms with Gasteiger partial charge in [-0.1, -0.05) is 6.07 Å². The summed E-state index contributed by atoms with van der Waals surface area (Å²) in [7, 11) is 4.15. The fourth-order valence-electron chi connectivity index (χ4n) is 1.93. The van der Waals surface area contributed by atoms with Gasteiger partial charge in [-0.2, -0.15) is 0 Å². The van der Waals surface area contributed by atoms with Gasteiger partial charge in [0.25, 0.3) is 5.91 Å². The summed E-state index contributed by atoms with van der Waals surface area (Å²) in [6.07, 6.45) is 5.93. The molecule has 0 fully saturated rings. The van der Waals surface area contributed by atoms with Crippen molar-refractivity contribution in [2.24, 2.45) is 0 Å². The Morgan fingerprint density at radius 2 is 1.29 bits per heavy atom. The SMILES string of the molecule is CN(C)CCCNCCCNC(=O)c1ccccn1.O=C(O)/C=C/C(=O)O.O=C(O)/C=C/C(=O)O. The minimum Gasteiger partial charge on any atom is -0.478 e. The number of carbonyl (C=O) groups is 5. The quantitative estimate of drug-likeness (QED) is 0.160. The molecule has 0 radical (unpaired) electrons. The first-order chi connectivity index (χ1) is 16.5. The van der Waals surface area contributed by atoms with Crippen LogP contribution in [0.25, 0.3) is 0 Å². The highest BCUT2D eigenvalue weighted by Gasteiger charge is 2.04. The Hall–Kier alpha value is -4.10. The molecule has 1 rings (SSSR count). The van der Waals surface area contributed by atoms with Crippen molar-refractivity contribution in [3.63, 3.8) is 0 Å². The maximum atomic E-state index is 11.7. The van der Waals surface area contributed by atoms with Crippen molar-refractivity contribution in [3.8, 4) is 0 Å². The summed E-state index contributed by atoms with van der Waals surface area (Å²) in [4.78, 5) is 56.0. The molecular formula is C22H32N4O9. The molecule has 0 unspecified atom stereocenters. The van der Waals surface area contributed by atoms with Gasteiger partial charge in [0.15, 0.2) is 0 Å². The largest absolute Gasteiger partial charge is 0.478 e. The molecule has 13 nitrogen and oxygen atoms in total. The Balaban J connectivity index is 0. The van der Waals surface area contributed by atoms with E-state index in [1.807, 2.05) is 6.07 Å². The third kappa shape index (κ3) is 27.9. The number of carbonyl (C=O) groups excluding carboxylic acids is 1. The highest BCUT2D eigenvalue weighted by atomic mass is 16.4. The average Bonchev–Trinajstić information content (AvgIpc) is 2.79. The van der Waals surface area contributed by atoms with Crippen LogP contribution in [0, 0.1) is 0 Å². The van der Waals surface area contributed by atoms with Crippen LogP contribution in [-0.2, 0) is 19.2 Å². The molecular weight excluding hydrogens is 464 g/mol. The molecule has 35 heavy (non-hydrogen) atoms. The summed E-state index contributed by atoms with van der Waals surface area (Å²) in [6.45, 7) is 3.72. The topological polar surface area (TPSA) is 206 Å². The number of carboxylic acids is 4. The van der Waals surface area contributed by atoms with Gasteiger partial charge in [0.05, 0.1) is 0 Å². The molecule has 0 saturated carbocycles. The Morgan fingerprint density at radius 3 is 1.69 bits per heavy atom. The summed E-state index contributed by atoms with van der Waals surface area (Å²) >= 11 is 0. The van der Waals surface area contributed by atoms with Crippen LogP contribution in [0.5, 0.6) is 0 Å². The van der Waals surface area contributed by atoms with Crippen molar-refractivity contribution < 1.29 is 44.4 Å². The molecule has 0 spiro atoms. The molecule has 6 N–H and O–H groups in total. The van der Waals surface area contributed by atoms with Crippen LogP contribution in [0.15, 0.2) is 48.7 Å². The fraction of sp³-hybridized carbons (Fsp3) is 0.364. The number of hydrogen-bond donors (Lipinski definition) is 6. The van der Waals surface area contributed by atoms with Gasteiger partial charge in [-0.3, -0.25) is 9.78 Å². The second-order valence-corrected chi connectivity index (χ2v) is 6.75. The number of rotatable bonds is 13. The van der Waals surface area contributed by atoms with Gasteiger partial charge in [-0.25, -0.2) is 19.2 Å². The lowest BCUT2D eigenvalue weighted by atomic mass is 10.3. The maximum absolute atomic E-state index is 11.7. The molecule has 13 heteroatoms. The van der Waals surface area contributed by atoms with Gasteiger partial charge in [-0.05, 0) is 58.7 Å². The molecule has 194 valence electrons. The number of pyridine rings is 1. The Morgan fingerprint density at radius 1 is 0.800 bits per heavy atom. The molecule has 1 aromatic heterocycles. The zero-order valence-corrected chi connectivity index (χ0v) is 19.6. The standard InChI is InChI=1S/C14H24N4O.2C4H4O4/c1-18(2)12-6-9-15-8-5-11-17-14(19)13-7-3-4-10-16-13;2*5-3(6)1-2-4(7)8/h3-4,7,10,15H,5-6,8-9,11-12H2,1-2H3,(H,17,19);2*1-2H,(H,5,6)(H,7,8)/b;2*2-1+. The van der Waals surface area contributed by atoms with E-state index >= 15 is 0 Å². The minimum atomic E-state index is -1.26. The van der Waals surface area contributed by atoms with E-state index in [2.05, 4.69) is 34.6 Å². The summed E-state index contributed by atoms with van der Waals surface area (Å²) in [5, 5.41) is 37.5. The predicted molar refractivity (Wildman–Crippen MR) is 126 cm³/mol. The number of nitrogens with one attached hydrogen (secondary N) is 2. The van der Waals surface area contributed by atoms with E-state index in [1.54, 1.807) is 18.3 Å². The van der Waals surface area contributed by atoms with Crippen LogP contribution in [0.4, 0.5) is 0 Å². The van der Waals surface area contributed by atoms with Crippen molar-refractivity contribution in [3.05, 3.63) is 54.4 Å². The molecule has 0 aliphatic rings. The second kappa shape index (κ2) is 21.7. The van der Waals surface area contributed by atoms with Gasteiger partial charge in [-0.15, -0.1) is 0 Å². The lowest BCUT2D eigenvalue weighted by molar-refractivity contribution is -0.134. The Labute approximate surface area is 202 Å². The molecule has 0 aliphatic heterocycles. The van der Waals surface area contributed by atoms with Crippen molar-refractivity contribution >= 4 is 29.8 Å². The van der Waals surface area contributed by atoms with Gasteiger partial charge in [0, 0.05) is 37.0 Å². The van der Waals surface area contributed by atoms with E-state index in [-0.39, 0.29) is 5.91 Å². The zero-order valence-electron chi connectivity index (χ0n) is 19.6. The molecule has 0 bridgehead atoms. The Kier molecular flexibility index (Phi) is 20.5. The van der Waals surface area contributed by atoms with E-state index in [4.69, 9.17) is 20.4 Å². The van der Waals surface area contributed by atoms with Crippen LogP contribution in [0.1, 0.15) is 23.3 Å². The normalized spacial score (nSPS) is 10.1. The number of aliphatic carboxylic acids is 4. The van der Waals surface area contributed by atoms with Crippen LogP contribution in [-0.4, -0.2) is 100 Å². The van der Waals surface area contributed by atoms with Crippen molar-refractivity contribution in [2.75, 3.05) is 40.3 Å². The first kappa shape index (κ1) is 33.1. The molecule has 0 saturated heterocycles. The van der Waals surface area contributed by atoms with E-state index in [1.165, 1.54) is 0 Å². The molecule has 0 aliphatic carbocycles. The number of aromatic nitrogens is 1. The molecule has 1 amide bonds. The monoisotopic (exact) mass is 496 g/mol. The van der Waals surface area contributed by atoms with Crippen molar-refractivity contribution in [2.45, 2.75) is 12.8 Å². The van der Waals surface area contributed by atoms with E-state index in [9.17, 15) is 24.0 Å². The molecule has 0 atom stereocenters. The molecule has 1 heterocycles. The van der Waals surface area contributed by atoms with Crippen LogP contribution in [0.2, 0.25) is 0 Å². The zero-order chi connectivity index (χ0) is 27.1. The maximum Gasteiger partial charge on any atom is 0.328 e. The number of amides is 1. The second-order valence-electron chi connectivity index (χ2n) is 6.75. The fourth-order valence-corrected chi connectivity index (χ4v) is 1.93. The first-order valence-electron chi connectivity index (χ1n) is 10.3. The molecule has 1 aromatic rings. The van der Waals surface area contributed by atoms with Gasteiger partial charge in [0.1, 0.15) is 5.69 Å². The summed E-state index contributed by atoms with van der Waals surface area (Å²) < 4.78 is 0. The average molecular weight is 497 g/mol. The molecule has 0 aromatic carbocycles. The lowest BCUT2D eigenvalue weighted by Crippen LogP contribution is -2.28. The van der Waals surface area contributed by atoms with E-state index in [0.717, 1.165) is 32.5 Å². The number of carboxylic acid groups (broad SMARTS) is 4. The third-order valence-electron chi connectivity index (χ3n) is 3.41. The van der Waals surface area contributed by atoms with Crippen LogP contribution < -0.4 is 10.6 Å². The van der Waals surface area contributed by atoms with Crippen LogP contribution in [0.3, 0.4) is 0 Å². The summed E-state index contributed by atoms with van der Waals surface area (Å²) in [6, 6.07) is 5.33. The van der Waals surface area contributed by atoms with Gasteiger partial charge < -0.3 is 36.0 Å². The smallest absolute Gasteiger partial charge is 0.328 e. The summed E-state index contributed by atoms with van der Waals surface area (Å²) in [5.74, 6) is -5.13. The van der Waals surface area contributed by atoms with Crippen LogP contribution >= 0.6 is 0 Å². The van der Waals surface area contributed by atoms with Gasteiger partial charge >= 0.3 is 23.9 Å². The number of hydrogen-bond acceptors (Lipinski definition) is 8. The predicted octanol–water partition coefficient (Wildman–Crippen LogP) is 0.166. The highest BCUT2D eigenvalue weighted by molar-refractivity contribution is 5.92. The third-order valence-corrected chi connectivity index (χ3v) is 3.41. The number of nitrogens with zero attached hydrogens (tertiary/aromatic N) is 2. The van der Waals surface area contributed by atoms with E-state index < -0.39 is 23.9 Å². The summed E-state index contributed by atoms with van der Waals surface area (Å²) in [5.41, 5.74) is 0.474. The van der Waals surface area contributed by atoms with Crippen molar-refractivity contribution in [1.29, 1.82) is 0 Å². The van der Waals surface area contributed by atoms with Gasteiger partial charge in [0.2, 0.25) is 0 Å². The highest BCUT2D eigenvalue weighted by Crippen LogP contribution is 1.92. The van der Waals surface area contributed by atoms with Crippen molar-refractivity contribution in [1.82, 2.24) is 20.5 Å². The van der Waals surface area contributed by atoms with E-state index in [0.29, 0.717) is 36.5 Å². The Bertz CT molecular complexity index is 775. The first-order valence-corrected chi connectivity index (χ1v) is 10.3. The lowest BCUT2D eigenvalue weighted by Gasteiger charge is -2.10.